The first-order valence-electron chi connectivity index (χ1n) is 6.89. The van der Waals surface area contributed by atoms with Crippen LogP contribution in [0.1, 0.15) is 18.1 Å². The van der Waals surface area contributed by atoms with Gasteiger partial charge >= 0.3 is 0 Å². The minimum absolute atomic E-state index is 0.0797. The number of pyridine rings is 1. The molecule has 112 valence electrons. The second-order valence-electron chi connectivity index (χ2n) is 5.24. The fourth-order valence-corrected chi connectivity index (χ4v) is 3.54. The third-order valence-corrected chi connectivity index (χ3v) is 5.16. The first kappa shape index (κ1) is 15.7. The predicted molar refractivity (Wildman–Crippen MR) is 83.8 cm³/mol. The van der Waals surface area contributed by atoms with Crippen LogP contribution in [0.4, 0.5) is 0 Å². The van der Waals surface area contributed by atoms with Crippen LogP contribution < -0.4 is 5.32 Å². The summed E-state index contributed by atoms with van der Waals surface area (Å²) < 4.78 is 24.6. The van der Waals surface area contributed by atoms with Gasteiger partial charge in [-0.05, 0) is 37.6 Å². The Hall–Kier alpha value is -1.72. The molecule has 1 aromatic heterocycles. The smallest absolute Gasteiger partial charge is 0.179 e. The van der Waals surface area contributed by atoms with Gasteiger partial charge < -0.3 is 5.32 Å². The van der Waals surface area contributed by atoms with Gasteiger partial charge in [0.15, 0.2) is 9.84 Å². The Kier molecular flexibility index (Phi) is 5.09. The maximum absolute atomic E-state index is 12.3. The lowest BCUT2D eigenvalue weighted by Crippen LogP contribution is -2.32. The van der Waals surface area contributed by atoms with Crippen molar-refractivity contribution in [3.63, 3.8) is 0 Å². The van der Waals surface area contributed by atoms with Crippen LogP contribution in [0.5, 0.6) is 0 Å². The molecule has 1 heterocycles. The third-order valence-electron chi connectivity index (χ3n) is 3.23. The molecule has 0 amide bonds. The molecule has 0 saturated carbocycles. The summed E-state index contributed by atoms with van der Waals surface area (Å²) in [6.45, 7) is 4.43. The van der Waals surface area contributed by atoms with Gasteiger partial charge in [-0.25, -0.2) is 8.42 Å². The van der Waals surface area contributed by atoms with E-state index < -0.39 is 9.84 Å². The van der Waals surface area contributed by atoms with Gasteiger partial charge in [0.2, 0.25) is 0 Å². The highest BCUT2D eigenvalue weighted by Gasteiger charge is 2.18. The Bertz CT molecular complexity index is 667. The maximum Gasteiger partial charge on any atom is 0.179 e. The SMILES string of the molecule is Cc1ccc(S(=O)(=O)C[C@H](C)NCc2cccnc2)cc1. The second-order valence-corrected chi connectivity index (χ2v) is 7.27. The summed E-state index contributed by atoms with van der Waals surface area (Å²) in [6.07, 6.45) is 3.49. The van der Waals surface area contributed by atoms with Gasteiger partial charge in [-0.15, -0.1) is 0 Å². The lowest BCUT2D eigenvalue weighted by molar-refractivity contribution is 0.556. The van der Waals surface area contributed by atoms with Crippen molar-refractivity contribution in [3.8, 4) is 0 Å². The van der Waals surface area contributed by atoms with E-state index in [9.17, 15) is 8.42 Å². The number of hydrogen-bond acceptors (Lipinski definition) is 4. The summed E-state index contributed by atoms with van der Waals surface area (Å²) in [5, 5.41) is 3.22. The number of benzene rings is 1. The quantitative estimate of drug-likeness (QED) is 0.890. The zero-order chi connectivity index (χ0) is 15.3. The Labute approximate surface area is 126 Å². The molecule has 0 radical (unpaired) electrons. The molecule has 0 unspecified atom stereocenters. The molecule has 21 heavy (non-hydrogen) atoms. The first-order chi connectivity index (χ1) is 9.97. The number of sulfone groups is 1. The van der Waals surface area contributed by atoms with Crippen LogP contribution in [-0.4, -0.2) is 25.2 Å². The van der Waals surface area contributed by atoms with Gasteiger partial charge in [-0.1, -0.05) is 23.8 Å². The van der Waals surface area contributed by atoms with Crippen molar-refractivity contribution < 1.29 is 8.42 Å². The van der Waals surface area contributed by atoms with Crippen molar-refractivity contribution in [3.05, 3.63) is 59.9 Å². The zero-order valence-corrected chi connectivity index (χ0v) is 13.1. The molecule has 1 N–H and O–H groups in total. The van der Waals surface area contributed by atoms with Gasteiger partial charge in [0.1, 0.15) is 0 Å². The average Bonchev–Trinajstić information content (AvgIpc) is 2.46. The summed E-state index contributed by atoms with van der Waals surface area (Å²) in [5.41, 5.74) is 2.09. The molecule has 0 fully saturated rings. The molecular weight excluding hydrogens is 284 g/mol. The Balaban J connectivity index is 1.95. The fourth-order valence-electron chi connectivity index (χ4n) is 2.02. The van der Waals surface area contributed by atoms with Crippen LogP contribution in [0.15, 0.2) is 53.7 Å². The number of aromatic nitrogens is 1. The van der Waals surface area contributed by atoms with E-state index in [4.69, 9.17) is 0 Å². The fraction of sp³-hybridized carbons (Fsp3) is 0.312. The standard InChI is InChI=1S/C16H20N2O2S/c1-13-5-7-16(8-6-13)21(19,20)12-14(2)18-11-15-4-3-9-17-10-15/h3-10,14,18H,11-12H2,1-2H3/t14-/m0/s1. The van der Waals surface area contributed by atoms with Crippen LogP contribution in [0, 0.1) is 6.92 Å². The Morgan fingerprint density at radius 3 is 2.52 bits per heavy atom. The number of nitrogens with one attached hydrogen (secondary N) is 1. The molecule has 5 heteroatoms. The van der Waals surface area contributed by atoms with Crippen molar-refractivity contribution >= 4 is 9.84 Å². The zero-order valence-electron chi connectivity index (χ0n) is 12.3. The minimum Gasteiger partial charge on any atom is -0.309 e. The molecule has 1 aromatic carbocycles. The molecular formula is C16H20N2O2S. The minimum atomic E-state index is -3.26. The van der Waals surface area contributed by atoms with Gasteiger partial charge in [0.05, 0.1) is 10.6 Å². The monoisotopic (exact) mass is 304 g/mol. The summed E-state index contributed by atoms with van der Waals surface area (Å²) in [4.78, 5) is 4.41. The van der Waals surface area contributed by atoms with E-state index in [-0.39, 0.29) is 11.8 Å². The molecule has 4 nitrogen and oxygen atoms in total. The number of rotatable bonds is 6. The first-order valence-corrected chi connectivity index (χ1v) is 8.54. The number of aryl methyl sites for hydroxylation is 1. The van der Waals surface area contributed by atoms with Crippen molar-refractivity contribution in [2.24, 2.45) is 0 Å². The molecule has 0 saturated heterocycles. The predicted octanol–water partition coefficient (Wildman–Crippen LogP) is 2.34. The molecule has 0 aliphatic carbocycles. The molecule has 0 aliphatic heterocycles. The van der Waals surface area contributed by atoms with E-state index in [1.807, 2.05) is 38.1 Å². The summed E-state index contributed by atoms with van der Waals surface area (Å²) >= 11 is 0. The number of hydrogen-bond donors (Lipinski definition) is 1. The van der Waals surface area contributed by atoms with Crippen LogP contribution in [0.2, 0.25) is 0 Å². The van der Waals surface area contributed by atoms with Gasteiger partial charge in [0, 0.05) is 25.0 Å². The second kappa shape index (κ2) is 6.83. The molecule has 0 spiro atoms. The normalized spacial score (nSPS) is 13.0. The van der Waals surface area contributed by atoms with E-state index in [0.29, 0.717) is 11.4 Å². The van der Waals surface area contributed by atoms with E-state index in [0.717, 1.165) is 11.1 Å². The summed E-state index contributed by atoms with van der Waals surface area (Å²) in [7, 11) is -3.26. The maximum atomic E-state index is 12.3. The molecule has 0 bridgehead atoms. The summed E-state index contributed by atoms with van der Waals surface area (Å²) in [6, 6.07) is 10.7. The third kappa shape index (κ3) is 4.65. The van der Waals surface area contributed by atoms with E-state index >= 15 is 0 Å². The lowest BCUT2D eigenvalue weighted by atomic mass is 10.2. The van der Waals surface area contributed by atoms with Gasteiger partial charge in [-0.3, -0.25) is 4.98 Å². The highest BCUT2D eigenvalue weighted by Crippen LogP contribution is 2.13. The largest absolute Gasteiger partial charge is 0.309 e. The average molecular weight is 304 g/mol. The van der Waals surface area contributed by atoms with Crippen LogP contribution in [0.3, 0.4) is 0 Å². The molecule has 2 aromatic rings. The van der Waals surface area contributed by atoms with Crippen molar-refractivity contribution in [1.82, 2.24) is 10.3 Å². The number of nitrogens with zero attached hydrogens (tertiary/aromatic N) is 1. The van der Waals surface area contributed by atoms with E-state index in [2.05, 4.69) is 10.3 Å². The van der Waals surface area contributed by atoms with Crippen molar-refractivity contribution in [2.75, 3.05) is 5.75 Å². The van der Waals surface area contributed by atoms with Gasteiger partial charge in [-0.2, -0.15) is 0 Å². The van der Waals surface area contributed by atoms with E-state index in [1.54, 1.807) is 24.5 Å². The molecule has 1 atom stereocenters. The highest BCUT2D eigenvalue weighted by molar-refractivity contribution is 7.91. The lowest BCUT2D eigenvalue weighted by Gasteiger charge is -2.14. The van der Waals surface area contributed by atoms with E-state index in [1.165, 1.54) is 0 Å². The van der Waals surface area contributed by atoms with Gasteiger partial charge in [0.25, 0.3) is 0 Å². The van der Waals surface area contributed by atoms with Crippen LogP contribution >= 0.6 is 0 Å². The molecule has 0 aliphatic rings. The Morgan fingerprint density at radius 2 is 1.90 bits per heavy atom. The van der Waals surface area contributed by atoms with Crippen LogP contribution in [0.25, 0.3) is 0 Å². The highest BCUT2D eigenvalue weighted by atomic mass is 32.2. The van der Waals surface area contributed by atoms with Crippen molar-refractivity contribution in [1.29, 1.82) is 0 Å². The summed E-state index contributed by atoms with van der Waals surface area (Å²) in [5.74, 6) is 0.0797. The molecule has 2 rings (SSSR count). The van der Waals surface area contributed by atoms with Crippen LogP contribution in [-0.2, 0) is 16.4 Å². The topological polar surface area (TPSA) is 59.1 Å². The Morgan fingerprint density at radius 1 is 1.19 bits per heavy atom. The van der Waals surface area contributed by atoms with Crippen molar-refractivity contribution in [2.45, 2.75) is 31.3 Å².